The third kappa shape index (κ3) is 3.77. The summed E-state index contributed by atoms with van der Waals surface area (Å²) >= 11 is 0. The van der Waals surface area contributed by atoms with Crippen molar-refractivity contribution in [3.05, 3.63) is 48.4 Å². The molecule has 21 heavy (non-hydrogen) atoms. The molecule has 0 radical (unpaired) electrons. The lowest BCUT2D eigenvalue weighted by molar-refractivity contribution is 0.566. The van der Waals surface area contributed by atoms with E-state index in [0.29, 0.717) is 5.82 Å². The SMILES string of the molecule is C[C@H](NS(=O)(=O)c1ccc(N(C)C)nc1)c1cccnc1. The van der Waals surface area contributed by atoms with Gasteiger partial charge < -0.3 is 4.90 Å². The first kappa shape index (κ1) is 15.4. The van der Waals surface area contributed by atoms with Crippen LogP contribution in [0.2, 0.25) is 0 Å². The van der Waals surface area contributed by atoms with Crippen LogP contribution in [0.4, 0.5) is 5.82 Å². The summed E-state index contributed by atoms with van der Waals surface area (Å²) in [5.74, 6) is 0.703. The van der Waals surface area contributed by atoms with Gasteiger partial charge >= 0.3 is 0 Å². The highest BCUT2D eigenvalue weighted by Crippen LogP contribution is 2.17. The molecule has 0 amide bonds. The number of aromatic nitrogens is 2. The normalized spacial score (nSPS) is 12.9. The molecule has 0 saturated carbocycles. The minimum absolute atomic E-state index is 0.142. The zero-order valence-corrected chi connectivity index (χ0v) is 13.0. The summed E-state index contributed by atoms with van der Waals surface area (Å²) in [6, 6.07) is 6.45. The highest BCUT2D eigenvalue weighted by Gasteiger charge is 2.19. The maximum atomic E-state index is 12.3. The Balaban J connectivity index is 2.18. The van der Waals surface area contributed by atoms with Crippen LogP contribution in [0.25, 0.3) is 0 Å². The first-order chi connectivity index (χ1) is 9.90. The summed E-state index contributed by atoms with van der Waals surface area (Å²) in [6.07, 6.45) is 4.64. The van der Waals surface area contributed by atoms with Gasteiger partial charge in [0.25, 0.3) is 0 Å². The summed E-state index contributed by atoms with van der Waals surface area (Å²) < 4.78 is 27.2. The van der Waals surface area contributed by atoms with Crippen LogP contribution in [0.5, 0.6) is 0 Å². The van der Waals surface area contributed by atoms with Gasteiger partial charge in [0.1, 0.15) is 10.7 Å². The number of anilines is 1. The highest BCUT2D eigenvalue weighted by atomic mass is 32.2. The standard InChI is InChI=1S/C14H18N4O2S/c1-11(12-5-4-8-15-9-12)17-21(19,20)13-6-7-14(16-10-13)18(2)3/h4-11,17H,1-3H3/t11-/m0/s1. The molecule has 0 unspecified atom stereocenters. The number of nitrogens with one attached hydrogen (secondary N) is 1. The van der Waals surface area contributed by atoms with Crippen LogP contribution in [0.1, 0.15) is 18.5 Å². The molecule has 0 aliphatic heterocycles. The van der Waals surface area contributed by atoms with Gasteiger partial charge in [0, 0.05) is 38.7 Å². The fraction of sp³-hybridized carbons (Fsp3) is 0.286. The van der Waals surface area contributed by atoms with Gasteiger partial charge in [-0.15, -0.1) is 0 Å². The molecule has 112 valence electrons. The van der Waals surface area contributed by atoms with E-state index in [2.05, 4.69) is 14.7 Å². The number of sulfonamides is 1. The lowest BCUT2D eigenvalue weighted by atomic mass is 10.2. The van der Waals surface area contributed by atoms with Crippen molar-refractivity contribution in [2.75, 3.05) is 19.0 Å². The Kier molecular flexibility index (Phi) is 4.54. The smallest absolute Gasteiger partial charge is 0.242 e. The van der Waals surface area contributed by atoms with E-state index in [1.54, 1.807) is 37.5 Å². The predicted molar refractivity (Wildman–Crippen MR) is 81.5 cm³/mol. The van der Waals surface area contributed by atoms with Gasteiger partial charge in [0.05, 0.1) is 0 Å². The Labute approximate surface area is 124 Å². The molecular formula is C14H18N4O2S. The van der Waals surface area contributed by atoms with Crippen LogP contribution in [0.3, 0.4) is 0 Å². The second kappa shape index (κ2) is 6.19. The van der Waals surface area contributed by atoms with Crippen LogP contribution in [0, 0.1) is 0 Å². The molecule has 0 aliphatic rings. The number of pyridine rings is 2. The summed E-state index contributed by atoms with van der Waals surface area (Å²) in [6.45, 7) is 1.77. The topological polar surface area (TPSA) is 75.2 Å². The second-order valence-electron chi connectivity index (χ2n) is 4.88. The average Bonchev–Trinajstić information content (AvgIpc) is 2.48. The van der Waals surface area contributed by atoms with Gasteiger partial charge in [-0.1, -0.05) is 6.07 Å². The molecule has 1 atom stereocenters. The summed E-state index contributed by atoms with van der Waals surface area (Å²) in [7, 11) is 0.0840. The van der Waals surface area contributed by atoms with E-state index in [1.165, 1.54) is 6.20 Å². The van der Waals surface area contributed by atoms with Crippen molar-refractivity contribution in [1.82, 2.24) is 14.7 Å². The lowest BCUT2D eigenvalue weighted by Gasteiger charge is -2.15. The lowest BCUT2D eigenvalue weighted by Crippen LogP contribution is -2.27. The second-order valence-corrected chi connectivity index (χ2v) is 6.59. The molecule has 1 N–H and O–H groups in total. The third-order valence-electron chi connectivity index (χ3n) is 3.01. The zero-order chi connectivity index (χ0) is 15.5. The van der Waals surface area contributed by atoms with Gasteiger partial charge in [-0.2, -0.15) is 0 Å². The fourth-order valence-electron chi connectivity index (χ4n) is 1.80. The molecule has 2 aromatic rings. The molecule has 6 nitrogen and oxygen atoms in total. The molecule has 2 aromatic heterocycles. The first-order valence-electron chi connectivity index (χ1n) is 6.46. The van der Waals surface area contributed by atoms with Crippen molar-refractivity contribution < 1.29 is 8.42 Å². The van der Waals surface area contributed by atoms with Gasteiger partial charge in [-0.25, -0.2) is 18.1 Å². The third-order valence-corrected chi connectivity index (χ3v) is 4.53. The Morgan fingerprint density at radius 3 is 2.48 bits per heavy atom. The van der Waals surface area contributed by atoms with E-state index in [-0.39, 0.29) is 10.9 Å². The highest BCUT2D eigenvalue weighted by molar-refractivity contribution is 7.89. The molecule has 7 heteroatoms. The monoisotopic (exact) mass is 306 g/mol. The maximum Gasteiger partial charge on any atom is 0.242 e. The maximum absolute atomic E-state index is 12.3. The van der Waals surface area contributed by atoms with Crippen LogP contribution >= 0.6 is 0 Å². The molecule has 0 aliphatic carbocycles. The summed E-state index contributed by atoms with van der Waals surface area (Å²) in [5.41, 5.74) is 0.805. The van der Waals surface area contributed by atoms with Crippen LogP contribution in [-0.2, 0) is 10.0 Å². The predicted octanol–water partition coefficient (Wildman–Crippen LogP) is 1.58. The Hall–Kier alpha value is -1.99. The Bertz CT molecular complexity index is 685. The minimum Gasteiger partial charge on any atom is -0.363 e. The zero-order valence-electron chi connectivity index (χ0n) is 12.2. The molecule has 2 heterocycles. The van der Waals surface area contributed by atoms with Crippen molar-refractivity contribution in [2.45, 2.75) is 17.9 Å². The Morgan fingerprint density at radius 2 is 1.95 bits per heavy atom. The van der Waals surface area contributed by atoms with Crippen LogP contribution in [-0.4, -0.2) is 32.5 Å². The molecule has 0 spiro atoms. The number of rotatable bonds is 5. The molecule has 2 rings (SSSR count). The van der Waals surface area contributed by atoms with E-state index in [4.69, 9.17) is 0 Å². The molecule has 0 saturated heterocycles. The van der Waals surface area contributed by atoms with Crippen molar-refractivity contribution in [3.8, 4) is 0 Å². The van der Waals surface area contributed by atoms with E-state index in [0.717, 1.165) is 5.56 Å². The van der Waals surface area contributed by atoms with Crippen LogP contribution in [0.15, 0.2) is 47.8 Å². The number of hydrogen-bond acceptors (Lipinski definition) is 5. The quantitative estimate of drug-likeness (QED) is 0.908. The van der Waals surface area contributed by atoms with E-state index >= 15 is 0 Å². The first-order valence-corrected chi connectivity index (χ1v) is 7.94. The van der Waals surface area contributed by atoms with Crippen molar-refractivity contribution >= 4 is 15.8 Å². The summed E-state index contributed by atoms with van der Waals surface area (Å²) in [5, 5.41) is 0. The molecular weight excluding hydrogens is 288 g/mol. The van der Waals surface area contributed by atoms with E-state index in [9.17, 15) is 8.42 Å². The van der Waals surface area contributed by atoms with E-state index in [1.807, 2.05) is 25.1 Å². The van der Waals surface area contributed by atoms with Gasteiger partial charge in [-0.3, -0.25) is 4.98 Å². The number of hydrogen-bond donors (Lipinski definition) is 1. The van der Waals surface area contributed by atoms with Crippen LogP contribution < -0.4 is 9.62 Å². The van der Waals surface area contributed by atoms with Crippen molar-refractivity contribution in [3.63, 3.8) is 0 Å². The molecule has 0 bridgehead atoms. The molecule has 0 aromatic carbocycles. The minimum atomic E-state index is -3.61. The fourth-order valence-corrected chi connectivity index (χ4v) is 2.97. The van der Waals surface area contributed by atoms with Crippen molar-refractivity contribution in [2.24, 2.45) is 0 Å². The number of nitrogens with zero attached hydrogens (tertiary/aromatic N) is 3. The molecule has 0 fully saturated rings. The summed E-state index contributed by atoms with van der Waals surface area (Å²) in [4.78, 5) is 10.1. The van der Waals surface area contributed by atoms with Gasteiger partial charge in [0.2, 0.25) is 10.0 Å². The van der Waals surface area contributed by atoms with Gasteiger partial charge in [-0.05, 0) is 30.7 Å². The largest absolute Gasteiger partial charge is 0.363 e. The van der Waals surface area contributed by atoms with Crippen molar-refractivity contribution in [1.29, 1.82) is 0 Å². The Morgan fingerprint density at radius 1 is 1.19 bits per heavy atom. The van der Waals surface area contributed by atoms with Gasteiger partial charge in [0.15, 0.2) is 0 Å². The van der Waals surface area contributed by atoms with E-state index < -0.39 is 10.0 Å². The average molecular weight is 306 g/mol.